The molecule has 0 saturated heterocycles. The lowest BCUT2D eigenvalue weighted by molar-refractivity contribution is -0.142. The van der Waals surface area contributed by atoms with E-state index < -0.39 is 15.8 Å². The second-order valence-electron chi connectivity index (χ2n) is 3.50. The summed E-state index contributed by atoms with van der Waals surface area (Å²) < 4.78 is 27.7. The summed E-state index contributed by atoms with van der Waals surface area (Å²) in [7, 11) is -3.35. The Hall–Kier alpha value is -1.67. The summed E-state index contributed by atoms with van der Waals surface area (Å²) >= 11 is 0. The second kappa shape index (κ2) is 6.31. The molecule has 0 aromatic carbocycles. The smallest absolute Gasteiger partial charge is 0.329 e. The number of carboxylic acids is 1. The lowest BCUT2D eigenvalue weighted by atomic mass is 10.4. The number of sulfone groups is 1. The molecule has 1 rings (SSSR count). The topological polar surface area (TPSA) is 106 Å². The van der Waals surface area contributed by atoms with Crippen LogP contribution in [0.3, 0.4) is 0 Å². The van der Waals surface area contributed by atoms with Gasteiger partial charge < -0.3 is 15.2 Å². The number of pyridine rings is 1. The van der Waals surface area contributed by atoms with Crippen LogP contribution >= 0.6 is 0 Å². The molecule has 7 nitrogen and oxygen atoms in total. The maximum atomic E-state index is 11.4. The predicted octanol–water partition coefficient (Wildman–Crippen LogP) is -0.00180. The third kappa shape index (κ3) is 4.68. The van der Waals surface area contributed by atoms with Crippen molar-refractivity contribution in [1.82, 2.24) is 4.98 Å². The van der Waals surface area contributed by atoms with E-state index >= 15 is 0 Å². The first-order chi connectivity index (χ1) is 8.41. The number of hydrogen-bond donors (Lipinski definition) is 2. The molecular formula is C10H14N2O5S. The van der Waals surface area contributed by atoms with Crippen molar-refractivity contribution in [1.29, 1.82) is 0 Å². The Labute approximate surface area is 105 Å². The van der Waals surface area contributed by atoms with E-state index in [1.54, 1.807) is 0 Å². The number of rotatable bonds is 7. The fraction of sp³-hybridized carbons (Fsp3) is 0.400. The molecule has 0 amide bonds. The number of nitrogens with one attached hydrogen (secondary N) is 1. The van der Waals surface area contributed by atoms with Gasteiger partial charge in [-0.1, -0.05) is 0 Å². The van der Waals surface area contributed by atoms with E-state index in [4.69, 9.17) is 9.84 Å². The molecule has 0 spiro atoms. The fourth-order valence-electron chi connectivity index (χ4n) is 1.22. The van der Waals surface area contributed by atoms with Gasteiger partial charge in [-0.15, -0.1) is 0 Å². The molecule has 0 saturated carbocycles. The second-order valence-corrected chi connectivity index (χ2v) is 5.48. The Morgan fingerprint density at radius 2 is 2.28 bits per heavy atom. The minimum atomic E-state index is -3.35. The molecular weight excluding hydrogens is 260 g/mol. The summed E-state index contributed by atoms with van der Waals surface area (Å²) in [4.78, 5) is 14.2. The zero-order chi connectivity index (χ0) is 13.6. The number of carboxylic acid groups (broad SMARTS) is 1. The van der Waals surface area contributed by atoms with E-state index in [0.29, 0.717) is 0 Å². The lowest BCUT2D eigenvalue weighted by Crippen LogP contribution is -2.16. The molecule has 0 aliphatic carbocycles. The van der Waals surface area contributed by atoms with E-state index in [1.165, 1.54) is 18.3 Å². The number of hydrogen-bond acceptors (Lipinski definition) is 6. The van der Waals surface area contributed by atoms with Gasteiger partial charge in [-0.2, -0.15) is 0 Å². The predicted molar refractivity (Wildman–Crippen MR) is 64.3 cm³/mol. The molecule has 2 N–H and O–H groups in total. The highest BCUT2D eigenvalue weighted by atomic mass is 32.2. The van der Waals surface area contributed by atoms with Crippen molar-refractivity contribution >= 4 is 21.6 Å². The van der Waals surface area contributed by atoms with E-state index in [-0.39, 0.29) is 30.5 Å². The van der Waals surface area contributed by atoms with Crippen molar-refractivity contribution in [2.75, 3.05) is 31.3 Å². The third-order valence-corrected chi connectivity index (χ3v) is 3.06. The SMILES string of the molecule is CS(=O)(=O)c1cccnc1NCCOCC(=O)O. The number of ether oxygens (including phenoxy) is 1. The molecule has 18 heavy (non-hydrogen) atoms. The average molecular weight is 274 g/mol. The van der Waals surface area contributed by atoms with E-state index in [9.17, 15) is 13.2 Å². The molecule has 0 aliphatic rings. The number of aromatic nitrogens is 1. The highest BCUT2D eigenvalue weighted by Gasteiger charge is 2.13. The molecule has 1 heterocycles. The maximum Gasteiger partial charge on any atom is 0.329 e. The van der Waals surface area contributed by atoms with Gasteiger partial charge in [0.25, 0.3) is 0 Å². The molecule has 1 aromatic rings. The van der Waals surface area contributed by atoms with Crippen LogP contribution in [0.2, 0.25) is 0 Å². The van der Waals surface area contributed by atoms with Gasteiger partial charge in [0.2, 0.25) is 0 Å². The lowest BCUT2D eigenvalue weighted by Gasteiger charge is -2.09. The Balaban J connectivity index is 2.55. The van der Waals surface area contributed by atoms with Gasteiger partial charge in [0.05, 0.1) is 6.61 Å². The van der Waals surface area contributed by atoms with Crippen molar-refractivity contribution in [2.45, 2.75) is 4.90 Å². The summed E-state index contributed by atoms with van der Waals surface area (Å²) in [6, 6.07) is 2.98. The van der Waals surface area contributed by atoms with E-state index in [2.05, 4.69) is 10.3 Å². The standard InChI is InChI=1S/C10H14N2O5S/c1-18(15,16)8-3-2-4-11-10(8)12-5-6-17-7-9(13)14/h2-4H,5-7H2,1H3,(H,11,12)(H,13,14). The van der Waals surface area contributed by atoms with Crippen molar-refractivity contribution in [3.05, 3.63) is 18.3 Å². The third-order valence-electron chi connectivity index (χ3n) is 1.93. The maximum absolute atomic E-state index is 11.4. The minimum absolute atomic E-state index is 0.100. The molecule has 100 valence electrons. The Kier molecular flexibility index (Phi) is 5.05. The first-order valence-corrected chi connectivity index (χ1v) is 6.99. The average Bonchev–Trinajstić information content (AvgIpc) is 2.27. The van der Waals surface area contributed by atoms with Crippen LogP contribution in [0, 0.1) is 0 Å². The monoisotopic (exact) mass is 274 g/mol. The van der Waals surface area contributed by atoms with Gasteiger partial charge in [-0.3, -0.25) is 0 Å². The first kappa shape index (κ1) is 14.4. The van der Waals surface area contributed by atoms with Crippen molar-refractivity contribution in [3.8, 4) is 0 Å². The van der Waals surface area contributed by atoms with Crippen LogP contribution < -0.4 is 5.32 Å². The fourth-order valence-corrected chi connectivity index (χ4v) is 2.03. The summed E-state index contributed by atoms with van der Waals surface area (Å²) in [6.07, 6.45) is 2.56. The van der Waals surface area contributed by atoms with Crippen LogP contribution in [0.5, 0.6) is 0 Å². The van der Waals surface area contributed by atoms with Gasteiger partial charge in [0.15, 0.2) is 9.84 Å². The molecule has 0 aliphatic heterocycles. The van der Waals surface area contributed by atoms with Crippen LogP contribution in [0.4, 0.5) is 5.82 Å². The highest BCUT2D eigenvalue weighted by molar-refractivity contribution is 7.90. The van der Waals surface area contributed by atoms with E-state index in [0.717, 1.165) is 6.26 Å². The summed E-state index contributed by atoms with van der Waals surface area (Å²) in [5.41, 5.74) is 0. The van der Waals surface area contributed by atoms with Crippen molar-refractivity contribution < 1.29 is 23.1 Å². The van der Waals surface area contributed by atoms with Crippen LogP contribution in [0.15, 0.2) is 23.2 Å². The first-order valence-electron chi connectivity index (χ1n) is 5.10. The quantitative estimate of drug-likeness (QED) is 0.674. The normalized spacial score (nSPS) is 11.2. The molecule has 1 aromatic heterocycles. The van der Waals surface area contributed by atoms with Gasteiger partial charge in [0.1, 0.15) is 17.3 Å². The molecule has 0 radical (unpaired) electrons. The number of carbonyl (C=O) groups is 1. The molecule has 8 heteroatoms. The summed E-state index contributed by atoms with van der Waals surface area (Å²) in [5.74, 6) is -0.816. The zero-order valence-electron chi connectivity index (χ0n) is 9.79. The molecule has 0 fully saturated rings. The van der Waals surface area contributed by atoms with Gasteiger partial charge in [-0.25, -0.2) is 18.2 Å². The van der Waals surface area contributed by atoms with Crippen LogP contribution in [-0.4, -0.2) is 50.5 Å². The number of anilines is 1. The Morgan fingerprint density at radius 1 is 1.56 bits per heavy atom. The largest absolute Gasteiger partial charge is 0.480 e. The summed E-state index contributed by atoms with van der Waals surface area (Å²) in [5, 5.41) is 11.1. The van der Waals surface area contributed by atoms with Crippen LogP contribution in [0.25, 0.3) is 0 Å². The van der Waals surface area contributed by atoms with Gasteiger partial charge >= 0.3 is 5.97 Å². The van der Waals surface area contributed by atoms with Crippen molar-refractivity contribution in [2.24, 2.45) is 0 Å². The van der Waals surface area contributed by atoms with E-state index in [1.807, 2.05) is 0 Å². The molecule has 0 atom stereocenters. The highest BCUT2D eigenvalue weighted by Crippen LogP contribution is 2.17. The van der Waals surface area contributed by atoms with Crippen LogP contribution in [-0.2, 0) is 19.4 Å². The van der Waals surface area contributed by atoms with Gasteiger partial charge in [-0.05, 0) is 12.1 Å². The Morgan fingerprint density at radius 3 is 2.89 bits per heavy atom. The molecule has 0 unspecified atom stereocenters. The number of aliphatic carboxylic acids is 1. The van der Waals surface area contributed by atoms with Crippen LogP contribution in [0.1, 0.15) is 0 Å². The van der Waals surface area contributed by atoms with Gasteiger partial charge in [0, 0.05) is 19.0 Å². The zero-order valence-corrected chi connectivity index (χ0v) is 10.6. The minimum Gasteiger partial charge on any atom is -0.480 e. The number of nitrogens with zero attached hydrogens (tertiary/aromatic N) is 1. The molecule has 0 bridgehead atoms. The summed E-state index contributed by atoms with van der Waals surface area (Å²) in [6.45, 7) is 0.0295. The Bertz CT molecular complexity index is 515. The van der Waals surface area contributed by atoms with Crippen molar-refractivity contribution in [3.63, 3.8) is 0 Å².